The molecule has 134 valence electrons. The fourth-order valence-electron chi connectivity index (χ4n) is 2.85. The lowest BCUT2D eigenvalue weighted by molar-refractivity contribution is 0.689. The second-order valence-corrected chi connectivity index (χ2v) is 6.62. The van der Waals surface area contributed by atoms with Gasteiger partial charge in [-0.2, -0.15) is 20.0 Å². The molecule has 0 amide bonds. The van der Waals surface area contributed by atoms with Crippen molar-refractivity contribution in [1.82, 2.24) is 24.7 Å². The fourth-order valence-corrected chi connectivity index (χ4v) is 3.00. The number of nitrogens with zero attached hydrogens (tertiary/aromatic N) is 5. The molecule has 7 heteroatoms. The van der Waals surface area contributed by atoms with Gasteiger partial charge in [0.15, 0.2) is 0 Å². The van der Waals surface area contributed by atoms with Crippen LogP contribution in [0.4, 0.5) is 0 Å². The van der Waals surface area contributed by atoms with Gasteiger partial charge in [0, 0.05) is 17.3 Å². The van der Waals surface area contributed by atoms with Crippen LogP contribution in [0.1, 0.15) is 16.7 Å². The molecule has 4 rings (SSSR count). The molecule has 0 aliphatic rings. The second-order valence-electron chi connectivity index (χ2n) is 6.24. The molecule has 0 aliphatic carbocycles. The van der Waals surface area contributed by atoms with Crippen molar-refractivity contribution in [2.75, 3.05) is 0 Å². The normalized spacial score (nSPS) is 11.3. The van der Waals surface area contributed by atoms with Crippen molar-refractivity contribution in [2.24, 2.45) is 5.10 Å². The molecule has 0 spiro atoms. The van der Waals surface area contributed by atoms with Crippen molar-refractivity contribution >= 4 is 18.4 Å². The molecule has 2 heterocycles. The molecule has 1 N–H and O–H groups in total. The first kappa shape index (κ1) is 17.1. The number of rotatable bonds is 5. The first-order valence-electron chi connectivity index (χ1n) is 8.54. The quantitative estimate of drug-likeness (QED) is 0.423. The van der Waals surface area contributed by atoms with Crippen molar-refractivity contribution < 1.29 is 0 Å². The summed E-state index contributed by atoms with van der Waals surface area (Å²) in [5.74, 6) is 0. The zero-order valence-corrected chi connectivity index (χ0v) is 15.6. The summed E-state index contributed by atoms with van der Waals surface area (Å²) in [6, 6.07) is 18.5. The summed E-state index contributed by atoms with van der Waals surface area (Å²) < 4.78 is 3.90. The third-order valence-electron chi connectivity index (χ3n) is 4.13. The van der Waals surface area contributed by atoms with E-state index in [-0.39, 0.29) is 0 Å². The first-order chi connectivity index (χ1) is 13.2. The highest BCUT2D eigenvalue weighted by Gasteiger charge is 2.11. The number of hydrogen-bond acceptors (Lipinski definition) is 4. The van der Waals surface area contributed by atoms with Crippen LogP contribution < -0.4 is 0 Å². The van der Waals surface area contributed by atoms with E-state index in [2.05, 4.69) is 52.6 Å². The minimum atomic E-state index is 0.444. The number of aryl methyl sites for hydroxylation is 1. The number of hydrogen-bond donors (Lipinski definition) is 1. The van der Waals surface area contributed by atoms with E-state index in [0.29, 0.717) is 11.3 Å². The van der Waals surface area contributed by atoms with Crippen LogP contribution in [0.3, 0.4) is 0 Å². The average Bonchev–Trinajstić information content (AvgIpc) is 3.27. The molecular formula is C20H18N6S. The van der Waals surface area contributed by atoms with Gasteiger partial charge >= 0.3 is 0 Å². The maximum Gasteiger partial charge on any atom is 0.216 e. The van der Waals surface area contributed by atoms with E-state index < -0.39 is 0 Å². The van der Waals surface area contributed by atoms with Crippen LogP contribution in [0, 0.1) is 11.7 Å². The van der Waals surface area contributed by atoms with Crippen molar-refractivity contribution in [1.29, 1.82) is 0 Å². The number of nitrogens with one attached hydrogen (secondary N) is 1. The third-order valence-corrected chi connectivity index (χ3v) is 4.40. The van der Waals surface area contributed by atoms with Crippen molar-refractivity contribution in [3.63, 3.8) is 0 Å². The van der Waals surface area contributed by atoms with E-state index in [4.69, 9.17) is 17.3 Å². The molecule has 0 radical (unpaired) electrons. The van der Waals surface area contributed by atoms with Crippen LogP contribution >= 0.6 is 12.2 Å². The van der Waals surface area contributed by atoms with Crippen LogP contribution in [0.15, 0.2) is 72.2 Å². The molecule has 2 aromatic carbocycles. The van der Waals surface area contributed by atoms with E-state index in [1.54, 1.807) is 12.5 Å². The summed E-state index contributed by atoms with van der Waals surface area (Å²) >= 11 is 5.15. The van der Waals surface area contributed by atoms with Crippen LogP contribution in [-0.4, -0.2) is 30.9 Å². The van der Waals surface area contributed by atoms with E-state index >= 15 is 0 Å². The van der Waals surface area contributed by atoms with Gasteiger partial charge in [0.2, 0.25) is 4.77 Å². The predicted molar refractivity (Wildman–Crippen MR) is 108 cm³/mol. The van der Waals surface area contributed by atoms with Gasteiger partial charge in [0.05, 0.1) is 12.8 Å². The Labute approximate surface area is 161 Å². The highest BCUT2D eigenvalue weighted by atomic mass is 32.1. The van der Waals surface area contributed by atoms with Gasteiger partial charge in [0.25, 0.3) is 0 Å². The highest BCUT2D eigenvalue weighted by Crippen LogP contribution is 2.22. The maximum atomic E-state index is 5.15. The van der Waals surface area contributed by atoms with Crippen LogP contribution in [0.25, 0.3) is 11.3 Å². The van der Waals surface area contributed by atoms with E-state index in [1.807, 2.05) is 35.1 Å². The Hall–Kier alpha value is -3.32. The van der Waals surface area contributed by atoms with Crippen LogP contribution in [-0.2, 0) is 6.54 Å². The van der Waals surface area contributed by atoms with E-state index in [1.165, 1.54) is 15.8 Å². The van der Waals surface area contributed by atoms with Gasteiger partial charge < -0.3 is 0 Å². The number of benzene rings is 2. The van der Waals surface area contributed by atoms with Crippen molar-refractivity contribution in [2.45, 2.75) is 13.5 Å². The Kier molecular flexibility index (Phi) is 4.76. The zero-order chi connectivity index (χ0) is 18.6. The molecule has 4 aromatic rings. The highest BCUT2D eigenvalue weighted by molar-refractivity contribution is 7.71. The Morgan fingerprint density at radius 1 is 1.15 bits per heavy atom. The molecule has 6 nitrogen and oxygen atoms in total. The number of aromatic amines is 1. The minimum Gasteiger partial charge on any atom is -0.267 e. The lowest BCUT2D eigenvalue weighted by atomic mass is 10.1. The number of H-pyrrole nitrogens is 1. The molecular weight excluding hydrogens is 356 g/mol. The Morgan fingerprint density at radius 2 is 2.00 bits per heavy atom. The molecule has 27 heavy (non-hydrogen) atoms. The largest absolute Gasteiger partial charge is 0.267 e. The van der Waals surface area contributed by atoms with Gasteiger partial charge in [-0.15, -0.1) is 0 Å². The second kappa shape index (κ2) is 7.51. The number of aromatic nitrogens is 5. The molecule has 0 saturated carbocycles. The SMILES string of the molecule is Cc1cccc(-c2nn(Cc3ccccc3)cc2/C=N\n2cn[nH]c2=S)c1. The van der Waals surface area contributed by atoms with E-state index in [0.717, 1.165) is 16.8 Å². The molecule has 0 atom stereocenters. The lowest BCUT2D eigenvalue weighted by Gasteiger charge is -2.02. The van der Waals surface area contributed by atoms with E-state index in [9.17, 15) is 0 Å². The van der Waals surface area contributed by atoms with Crippen LogP contribution in [0.5, 0.6) is 0 Å². The van der Waals surface area contributed by atoms with Gasteiger partial charge in [0.1, 0.15) is 12.0 Å². The molecule has 2 aromatic heterocycles. The van der Waals surface area contributed by atoms with Gasteiger partial charge in [-0.3, -0.25) is 9.78 Å². The minimum absolute atomic E-state index is 0.444. The summed E-state index contributed by atoms with van der Waals surface area (Å²) in [4.78, 5) is 0. The Balaban J connectivity index is 1.74. The average molecular weight is 374 g/mol. The Bertz CT molecular complexity index is 1140. The summed E-state index contributed by atoms with van der Waals surface area (Å²) in [5.41, 5.74) is 5.23. The summed E-state index contributed by atoms with van der Waals surface area (Å²) in [6.07, 6.45) is 5.30. The topological polar surface area (TPSA) is 63.8 Å². The molecule has 0 unspecified atom stereocenters. The molecule has 0 saturated heterocycles. The van der Waals surface area contributed by atoms with Crippen molar-refractivity contribution in [3.05, 3.63) is 88.6 Å². The summed E-state index contributed by atoms with van der Waals surface area (Å²) in [7, 11) is 0. The van der Waals surface area contributed by atoms with Gasteiger partial charge in [-0.05, 0) is 30.8 Å². The summed E-state index contributed by atoms with van der Waals surface area (Å²) in [6.45, 7) is 2.77. The standard InChI is InChI=1S/C20H18N6S/c1-15-6-5-9-17(10-15)19-18(11-22-26-14-21-23-20(26)27)13-25(24-19)12-16-7-3-2-4-8-16/h2-11,13-14H,12H2,1H3,(H,23,27)/b22-11-. The van der Waals surface area contributed by atoms with Crippen LogP contribution in [0.2, 0.25) is 0 Å². The molecule has 0 fully saturated rings. The third kappa shape index (κ3) is 3.93. The zero-order valence-electron chi connectivity index (χ0n) is 14.8. The van der Waals surface area contributed by atoms with Gasteiger partial charge in [-0.1, -0.05) is 54.1 Å². The summed E-state index contributed by atoms with van der Waals surface area (Å²) in [5, 5.41) is 15.8. The predicted octanol–water partition coefficient (Wildman–Crippen LogP) is 4.04. The Morgan fingerprint density at radius 3 is 2.74 bits per heavy atom. The maximum absolute atomic E-state index is 5.15. The fraction of sp³-hybridized carbons (Fsp3) is 0.100. The lowest BCUT2D eigenvalue weighted by Crippen LogP contribution is -2.00. The molecule has 0 bridgehead atoms. The van der Waals surface area contributed by atoms with Gasteiger partial charge in [-0.25, -0.2) is 0 Å². The smallest absolute Gasteiger partial charge is 0.216 e. The molecule has 0 aliphatic heterocycles. The first-order valence-corrected chi connectivity index (χ1v) is 8.95. The monoisotopic (exact) mass is 374 g/mol. The van der Waals surface area contributed by atoms with Crippen molar-refractivity contribution in [3.8, 4) is 11.3 Å².